The molecule has 1 aliphatic rings. The van der Waals surface area contributed by atoms with Crippen LogP contribution < -0.4 is 20.1 Å². The Balaban J connectivity index is 0.00000341. The molecule has 0 bridgehead atoms. The Bertz CT molecular complexity index is 1010. The number of hydrogen-bond donors (Lipinski definition) is 3. The van der Waals surface area contributed by atoms with Crippen LogP contribution in [-0.4, -0.2) is 35.1 Å². The van der Waals surface area contributed by atoms with E-state index in [0.717, 1.165) is 23.5 Å². The van der Waals surface area contributed by atoms with Crippen molar-refractivity contribution < 1.29 is 13.2 Å². The maximum absolute atomic E-state index is 12.0. The summed E-state index contributed by atoms with van der Waals surface area (Å²) in [6.45, 7) is 3.86. The molecule has 0 saturated heterocycles. The third-order valence-electron chi connectivity index (χ3n) is 5.00. The highest BCUT2D eigenvalue weighted by Gasteiger charge is 2.22. The van der Waals surface area contributed by atoms with Crippen molar-refractivity contribution in [1.29, 1.82) is 0 Å². The van der Waals surface area contributed by atoms with Gasteiger partial charge in [0.1, 0.15) is 5.75 Å². The van der Waals surface area contributed by atoms with E-state index in [-0.39, 0.29) is 28.9 Å². The predicted molar refractivity (Wildman–Crippen MR) is 135 cm³/mol. The molecule has 0 radical (unpaired) electrons. The minimum atomic E-state index is -3.46. The third-order valence-corrected chi connectivity index (χ3v) is 6.41. The van der Waals surface area contributed by atoms with Gasteiger partial charge in [0, 0.05) is 25.7 Å². The molecule has 0 unspecified atom stereocenters. The van der Waals surface area contributed by atoms with E-state index in [4.69, 9.17) is 4.74 Å². The van der Waals surface area contributed by atoms with Crippen molar-refractivity contribution in [2.45, 2.75) is 37.8 Å². The first-order chi connectivity index (χ1) is 14.4. The van der Waals surface area contributed by atoms with E-state index >= 15 is 0 Å². The summed E-state index contributed by atoms with van der Waals surface area (Å²) >= 11 is 0. The molecule has 170 valence electrons. The number of guanidine groups is 1. The van der Waals surface area contributed by atoms with E-state index in [1.807, 2.05) is 6.07 Å². The van der Waals surface area contributed by atoms with Gasteiger partial charge in [0.05, 0.1) is 11.5 Å². The van der Waals surface area contributed by atoms with Gasteiger partial charge in [-0.3, -0.25) is 4.99 Å². The van der Waals surface area contributed by atoms with Crippen LogP contribution in [0.4, 0.5) is 0 Å². The third kappa shape index (κ3) is 7.65. The summed E-state index contributed by atoms with van der Waals surface area (Å²) in [5, 5.41) is 6.53. The Morgan fingerprint density at radius 3 is 2.55 bits per heavy atom. The Morgan fingerprint density at radius 1 is 1.13 bits per heavy atom. The van der Waals surface area contributed by atoms with Crippen molar-refractivity contribution in [3.63, 3.8) is 0 Å². The molecule has 1 saturated carbocycles. The number of nitrogens with zero attached hydrogens (tertiary/aromatic N) is 1. The summed E-state index contributed by atoms with van der Waals surface area (Å²) in [5.41, 5.74) is 3.09. The van der Waals surface area contributed by atoms with Gasteiger partial charge in [0.25, 0.3) is 0 Å². The van der Waals surface area contributed by atoms with Crippen LogP contribution in [0.25, 0.3) is 0 Å². The molecular weight excluding hydrogens is 527 g/mol. The van der Waals surface area contributed by atoms with Crippen LogP contribution in [0.15, 0.2) is 52.4 Å². The van der Waals surface area contributed by atoms with E-state index in [2.05, 4.69) is 45.5 Å². The smallest absolute Gasteiger partial charge is 0.240 e. The number of aliphatic imine (C=N–C) groups is 1. The average Bonchev–Trinajstić information content (AvgIpc) is 3.58. The molecule has 1 fully saturated rings. The lowest BCUT2D eigenvalue weighted by Gasteiger charge is -2.16. The Kier molecular flexibility index (Phi) is 9.57. The minimum Gasteiger partial charge on any atom is -0.493 e. The van der Waals surface area contributed by atoms with Crippen molar-refractivity contribution in [2.75, 3.05) is 20.7 Å². The van der Waals surface area contributed by atoms with E-state index in [9.17, 15) is 8.42 Å². The lowest BCUT2D eigenvalue weighted by atomic mass is 10.1. The van der Waals surface area contributed by atoms with Crippen LogP contribution in [0.2, 0.25) is 0 Å². The van der Waals surface area contributed by atoms with Gasteiger partial charge in [-0.1, -0.05) is 24.3 Å². The summed E-state index contributed by atoms with van der Waals surface area (Å²) in [6, 6.07) is 13.0. The number of nitrogens with one attached hydrogen (secondary N) is 3. The molecule has 0 spiro atoms. The Morgan fingerprint density at radius 2 is 1.87 bits per heavy atom. The van der Waals surface area contributed by atoms with E-state index in [1.54, 1.807) is 25.2 Å². The van der Waals surface area contributed by atoms with Crippen molar-refractivity contribution in [2.24, 2.45) is 10.9 Å². The summed E-state index contributed by atoms with van der Waals surface area (Å²) in [7, 11) is -0.356. The maximum atomic E-state index is 12.0. The highest BCUT2D eigenvalue weighted by atomic mass is 127. The van der Waals surface area contributed by atoms with Gasteiger partial charge in [0.15, 0.2) is 5.96 Å². The molecule has 0 aliphatic heterocycles. The highest BCUT2D eigenvalue weighted by Crippen LogP contribution is 2.30. The van der Waals surface area contributed by atoms with E-state index in [0.29, 0.717) is 25.0 Å². The molecule has 7 nitrogen and oxygen atoms in total. The zero-order valence-corrected chi connectivity index (χ0v) is 21.3. The fourth-order valence-electron chi connectivity index (χ4n) is 2.96. The number of aryl methyl sites for hydroxylation is 1. The Labute approximate surface area is 202 Å². The highest BCUT2D eigenvalue weighted by molar-refractivity contribution is 14.0. The zero-order chi connectivity index (χ0) is 21.6. The summed E-state index contributed by atoms with van der Waals surface area (Å²) in [4.78, 5) is 4.50. The van der Waals surface area contributed by atoms with Gasteiger partial charge in [0.2, 0.25) is 10.0 Å². The number of rotatable bonds is 9. The molecule has 0 amide bonds. The molecular formula is C22H31IN4O3S. The fraction of sp³-hybridized carbons (Fsp3) is 0.409. The first-order valence-corrected chi connectivity index (χ1v) is 11.6. The van der Waals surface area contributed by atoms with Crippen LogP contribution in [0, 0.1) is 12.8 Å². The van der Waals surface area contributed by atoms with Crippen molar-refractivity contribution in [1.82, 2.24) is 15.4 Å². The number of ether oxygens (including phenoxy) is 1. The second kappa shape index (κ2) is 11.7. The monoisotopic (exact) mass is 558 g/mol. The van der Waals surface area contributed by atoms with E-state index in [1.165, 1.54) is 25.5 Å². The Hall–Kier alpha value is -1.85. The lowest BCUT2D eigenvalue weighted by Crippen LogP contribution is -2.36. The largest absolute Gasteiger partial charge is 0.493 e. The van der Waals surface area contributed by atoms with Gasteiger partial charge < -0.3 is 15.4 Å². The van der Waals surface area contributed by atoms with Gasteiger partial charge >= 0.3 is 0 Å². The van der Waals surface area contributed by atoms with Gasteiger partial charge in [-0.2, -0.15) is 0 Å². The normalized spacial score (nSPS) is 14.0. The van der Waals surface area contributed by atoms with Crippen LogP contribution in [0.1, 0.15) is 29.5 Å². The van der Waals surface area contributed by atoms with Crippen LogP contribution in [-0.2, 0) is 23.1 Å². The predicted octanol–water partition coefficient (Wildman–Crippen LogP) is 3.18. The average molecular weight is 558 g/mol. The quantitative estimate of drug-likeness (QED) is 0.250. The maximum Gasteiger partial charge on any atom is 0.240 e. The molecule has 3 N–H and O–H groups in total. The molecule has 2 aromatic rings. The molecule has 3 rings (SSSR count). The van der Waals surface area contributed by atoms with E-state index < -0.39 is 10.0 Å². The molecule has 2 aromatic carbocycles. The SMILES string of the molecule is CN=C(NCc1cccc(S(=O)(=O)NC)c1)NCc1ccc(C)cc1OCC1CC1.I. The molecule has 0 atom stereocenters. The van der Waals surface area contributed by atoms with Gasteiger partial charge in [-0.05, 0) is 62.1 Å². The van der Waals surface area contributed by atoms with Crippen molar-refractivity contribution in [3.05, 3.63) is 59.2 Å². The zero-order valence-electron chi connectivity index (χ0n) is 18.1. The second-order valence-electron chi connectivity index (χ2n) is 7.50. The number of benzene rings is 2. The van der Waals surface area contributed by atoms with Crippen LogP contribution in [0.5, 0.6) is 5.75 Å². The standard InChI is InChI=1S/C22H30N4O3S.HI/c1-16-7-10-19(21(11-16)29-15-17-8-9-17)14-26-22(23-2)25-13-18-5-4-6-20(12-18)30(27,28)24-3;/h4-7,10-12,17,24H,8-9,13-15H2,1-3H3,(H2,23,25,26);1H. The van der Waals surface area contributed by atoms with Crippen molar-refractivity contribution >= 4 is 40.0 Å². The molecule has 0 aromatic heterocycles. The van der Waals surface area contributed by atoms with Gasteiger partial charge in [-0.25, -0.2) is 13.1 Å². The molecule has 1 aliphatic carbocycles. The topological polar surface area (TPSA) is 91.8 Å². The molecule has 31 heavy (non-hydrogen) atoms. The number of hydrogen-bond acceptors (Lipinski definition) is 4. The summed E-state index contributed by atoms with van der Waals surface area (Å²) < 4.78 is 32.3. The van der Waals surface area contributed by atoms with Crippen LogP contribution in [0.3, 0.4) is 0 Å². The number of sulfonamides is 1. The molecule has 9 heteroatoms. The minimum absolute atomic E-state index is 0. The fourth-order valence-corrected chi connectivity index (χ4v) is 3.76. The summed E-state index contributed by atoms with van der Waals surface area (Å²) in [6.07, 6.45) is 2.51. The van der Waals surface area contributed by atoms with Crippen molar-refractivity contribution in [3.8, 4) is 5.75 Å². The molecule has 0 heterocycles. The first kappa shape index (κ1) is 25.4. The first-order valence-electron chi connectivity index (χ1n) is 10.1. The summed E-state index contributed by atoms with van der Waals surface area (Å²) in [5.74, 6) is 2.24. The van der Waals surface area contributed by atoms with Gasteiger partial charge in [-0.15, -0.1) is 24.0 Å². The number of halogens is 1. The lowest BCUT2D eigenvalue weighted by molar-refractivity contribution is 0.296. The second-order valence-corrected chi connectivity index (χ2v) is 9.39. The van der Waals surface area contributed by atoms with Crippen LogP contribution >= 0.6 is 24.0 Å².